The Morgan fingerprint density at radius 2 is 2.06 bits per heavy atom. The first-order valence-electron chi connectivity index (χ1n) is 7.15. The molecule has 96 valence electrons. The van der Waals surface area contributed by atoms with Gasteiger partial charge in [-0.05, 0) is 51.6 Å². The summed E-state index contributed by atoms with van der Waals surface area (Å²) in [5, 5.41) is 3.57. The van der Waals surface area contributed by atoms with E-state index in [1.54, 1.807) is 0 Å². The van der Waals surface area contributed by atoms with Gasteiger partial charge in [-0.2, -0.15) is 0 Å². The second-order valence-corrected chi connectivity index (χ2v) is 5.67. The van der Waals surface area contributed by atoms with Gasteiger partial charge in [0, 0.05) is 19.1 Å². The third-order valence-electron chi connectivity index (χ3n) is 3.65. The maximum atomic E-state index is 3.57. The summed E-state index contributed by atoms with van der Waals surface area (Å²) in [5.74, 6) is 0.851. The summed E-state index contributed by atoms with van der Waals surface area (Å²) in [6, 6.07) is 0.811. The molecule has 0 bridgehead atoms. The van der Waals surface area contributed by atoms with Gasteiger partial charge < -0.3 is 5.32 Å². The molecule has 1 saturated heterocycles. The Morgan fingerprint density at radius 3 is 2.75 bits per heavy atom. The van der Waals surface area contributed by atoms with Crippen molar-refractivity contribution in [3.63, 3.8) is 0 Å². The van der Waals surface area contributed by atoms with E-state index in [0.717, 1.165) is 12.0 Å². The third kappa shape index (κ3) is 5.86. The summed E-state index contributed by atoms with van der Waals surface area (Å²) in [6.45, 7) is 11.9. The van der Waals surface area contributed by atoms with Crippen LogP contribution in [0.5, 0.6) is 0 Å². The van der Waals surface area contributed by atoms with Crippen molar-refractivity contribution in [2.24, 2.45) is 5.92 Å². The van der Waals surface area contributed by atoms with Crippen molar-refractivity contribution >= 4 is 0 Å². The van der Waals surface area contributed by atoms with Crippen molar-refractivity contribution in [1.29, 1.82) is 0 Å². The zero-order chi connectivity index (χ0) is 11.8. The zero-order valence-electron chi connectivity index (χ0n) is 11.5. The van der Waals surface area contributed by atoms with Crippen LogP contribution in [0.3, 0.4) is 0 Å². The Hall–Kier alpha value is -0.0800. The first-order chi connectivity index (χ1) is 7.70. The number of rotatable bonds is 7. The van der Waals surface area contributed by atoms with Crippen molar-refractivity contribution in [2.75, 3.05) is 26.2 Å². The molecule has 2 heteroatoms. The standard InChI is InChI=1S/C14H30N2/c1-13(2)7-6-9-15-10-12-16-11-5-4-8-14(16)3/h13-15H,4-12H2,1-3H3. The van der Waals surface area contributed by atoms with Crippen molar-refractivity contribution in [1.82, 2.24) is 10.2 Å². The lowest BCUT2D eigenvalue weighted by molar-refractivity contribution is 0.161. The first kappa shape index (κ1) is 14.0. The predicted octanol–water partition coefficient (Wildman–Crippen LogP) is 2.89. The van der Waals surface area contributed by atoms with Crippen molar-refractivity contribution in [2.45, 2.75) is 58.9 Å². The van der Waals surface area contributed by atoms with E-state index < -0.39 is 0 Å². The van der Waals surface area contributed by atoms with E-state index in [9.17, 15) is 0 Å². The first-order valence-corrected chi connectivity index (χ1v) is 7.15. The maximum absolute atomic E-state index is 3.57. The average Bonchev–Trinajstić information content (AvgIpc) is 2.25. The molecule has 16 heavy (non-hydrogen) atoms. The molecule has 1 unspecified atom stereocenters. The smallest absolute Gasteiger partial charge is 0.0110 e. The fourth-order valence-corrected chi connectivity index (χ4v) is 2.47. The van der Waals surface area contributed by atoms with E-state index >= 15 is 0 Å². The number of hydrogen-bond donors (Lipinski definition) is 1. The van der Waals surface area contributed by atoms with Crippen molar-refractivity contribution in [3.8, 4) is 0 Å². The molecule has 0 aromatic rings. The molecule has 1 aliphatic rings. The predicted molar refractivity (Wildman–Crippen MR) is 71.8 cm³/mol. The van der Waals surface area contributed by atoms with Crippen molar-refractivity contribution < 1.29 is 0 Å². The quantitative estimate of drug-likeness (QED) is 0.672. The summed E-state index contributed by atoms with van der Waals surface area (Å²) < 4.78 is 0. The molecule has 1 aliphatic heterocycles. The minimum absolute atomic E-state index is 0.811. The zero-order valence-corrected chi connectivity index (χ0v) is 11.5. The van der Waals surface area contributed by atoms with E-state index in [-0.39, 0.29) is 0 Å². The number of nitrogens with zero attached hydrogens (tertiary/aromatic N) is 1. The molecule has 1 heterocycles. The van der Waals surface area contributed by atoms with Crippen LogP contribution >= 0.6 is 0 Å². The van der Waals surface area contributed by atoms with Crippen molar-refractivity contribution in [3.05, 3.63) is 0 Å². The van der Waals surface area contributed by atoms with Gasteiger partial charge in [-0.15, -0.1) is 0 Å². The monoisotopic (exact) mass is 226 g/mol. The fraction of sp³-hybridized carbons (Fsp3) is 1.00. The number of likely N-dealkylation sites (tertiary alicyclic amines) is 1. The largest absolute Gasteiger partial charge is 0.315 e. The van der Waals surface area contributed by atoms with Gasteiger partial charge in [0.25, 0.3) is 0 Å². The molecule has 0 aromatic heterocycles. The van der Waals surface area contributed by atoms with E-state index in [0.29, 0.717) is 0 Å². The summed E-state index contributed by atoms with van der Waals surface area (Å²) in [5.41, 5.74) is 0. The Morgan fingerprint density at radius 1 is 1.25 bits per heavy atom. The molecular formula is C14H30N2. The average molecular weight is 226 g/mol. The van der Waals surface area contributed by atoms with Gasteiger partial charge in [-0.3, -0.25) is 4.90 Å². The van der Waals surface area contributed by atoms with Gasteiger partial charge in [-0.25, -0.2) is 0 Å². The minimum atomic E-state index is 0.811. The van der Waals surface area contributed by atoms with E-state index in [4.69, 9.17) is 0 Å². The molecule has 0 radical (unpaired) electrons. The van der Waals surface area contributed by atoms with Gasteiger partial charge in [0.05, 0.1) is 0 Å². The van der Waals surface area contributed by atoms with Gasteiger partial charge in [0.15, 0.2) is 0 Å². The highest BCUT2D eigenvalue weighted by Crippen LogP contribution is 2.15. The van der Waals surface area contributed by atoms with Gasteiger partial charge in [0.2, 0.25) is 0 Å². The van der Waals surface area contributed by atoms with Crippen LogP contribution in [-0.4, -0.2) is 37.1 Å². The van der Waals surface area contributed by atoms with Gasteiger partial charge in [0.1, 0.15) is 0 Å². The summed E-state index contributed by atoms with van der Waals surface area (Å²) >= 11 is 0. The Bertz CT molecular complexity index is 168. The maximum Gasteiger partial charge on any atom is 0.0110 e. The van der Waals surface area contributed by atoms with Crippen LogP contribution in [0.15, 0.2) is 0 Å². The van der Waals surface area contributed by atoms with Crippen LogP contribution in [0.4, 0.5) is 0 Å². The molecule has 0 spiro atoms. The topological polar surface area (TPSA) is 15.3 Å². The molecule has 0 amide bonds. The highest BCUT2D eigenvalue weighted by Gasteiger charge is 2.16. The van der Waals surface area contributed by atoms with Crippen LogP contribution in [0.25, 0.3) is 0 Å². The van der Waals surface area contributed by atoms with Crippen LogP contribution in [-0.2, 0) is 0 Å². The van der Waals surface area contributed by atoms with Crippen LogP contribution in [0.2, 0.25) is 0 Å². The molecule has 0 aliphatic carbocycles. The Balaban J connectivity index is 1.94. The van der Waals surface area contributed by atoms with E-state index in [1.165, 1.54) is 58.3 Å². The van der Waals surface area contributed by atoms with Crippen LogP contribution < -0.4 is 5.32 Å². The summed E-state index contributed by atoms with van der Waals surface area (Å²) in [6.07, 6.45) is 6.91. The van der Waals surface area contributed by atoms with Crippen LogP contribution in [0, 0.1) is 5.92 Å². The normalized spacial score (nSPS) is 22.9. The molecule has 1 atom stereocenters. The highest BCUT2D eigenvalue weighted by atomic mass is 15.2. The lowest BCUT2D eigenvalue weighted by Gasteiger charge is -2.33. The number of nitrogens with one attached hydrogen (secondary N) is 1. The fourth-order valence-electron chi connectivity index (χ4n) is 2.47. The number of piperidine rings is 1. The van der Waals surface area contributed by atoms with E-state index in [2.05, 4.69) is 31.0 Å². The highest BCUT2D eigenvalue weighted by molar-refractivity contribution is 4.73. The molecule has 2 nitrogen and oxygen atoms in total. The van der Waals surface area contributed by atoms with Gasteiger partial charge >= 0.3 is 0 Å². The molecular weight excluding hydrogens is 196 g/mol. The molecule has 1 rings (SSSR count). The Labute approximate surface area is 102 Å². The molecule has 1 N–H and O–H groups in total. The number of hydrogen-bond acceptors (Lipinski definition) is 2. The molecule has 0 aromatic carbocycles. The molecule has 0 saturated carbocycles. The Kier molecular flexibility index (Phi) is 7.06. The second-order valence-electron chi connectivity index (χ2n) is 5.67. The third-order valence-corrected chi connectivity index (χ3v) is 3.65. The molecule has 1 fully saturated rings. The summed E-state index contributed by atoms with van der Waals surface area (Å²) in [7, 11) is 0. The summed E-state index contributed by atoms with van der Waals surface area (Å²) in [4.78, 5) is 2.64. The van der Waals surface area contributed by atoms with Gasteiger partial charge in [-0.1, -0.05) is 20.3 Å². The minimum Gasteiger partial charge on any atom is -0.315 e. The van der Waals surface area contributed by atoms with E-state index in [1.807, 2.05) is 0 Å². The van der Waals surface area contributed by atoms with Crippen LogP contribution in [0.1, 0.15) is 52.9 Å². The lowest BCUT2D eigenvalue weighted by Crippen LogP contribution is -2.41. The second kappa shape index (κ2) is 8.08. The lowest BCUT2D eigenvalue weighted by atomic mass is 10.0. The SMILES string of the molecule is CC(C)CCCNCCN1CCCCC1C.